The van der Waals surface area contributed by atoms with Crippen molar-refractivity contribution in [2.24, 2.45) is 0 Å². The lowest BCUT2D eigenvalue weighted by Crippen LogP contribution is -2.01. The fourth-order valence-corrected chi connectivity index (χ4v) is 2.22. The number of nitrogens with zero attached hydrogens (tertiary/aromatic N) is 3. The monoisotopic (exact) mass is 282 g/mol. The maximum atomic E-state index is 10.7. The molecule has 6 heteroatoms. The van der Waals surface area contributed by atoms with Crippen LogP contribution in [-0.2, 0) is 6.54 Å². The Hall–Kier alpha value is -2.89. The van der Waals surface area contributed by atoms with Gasteiger partial charge in [0, 0.05) is 30.2 Å². The van der Waals surface area contributed by atoms with Crippen LogP contribution in [0.5, 0.6) is 0 Å². The Kier molecular flexibility index (Phi) is 3.27. The first-order valence-corrected chi connectivity index (χ1v) is 6.55. The molecule has 0 aliphatic carbocycles. The highest BCUT2D eigenvalue weighted by atomic mass is 16.6. The Morgan fingerprint density at radius 2 is 2.19 bits per heavy atom. The predicted octanol–water partition coefficient (Wildman–Crippen LogP) is 3.16. The molecule has 21 heavy (non-hydrogen) atoms. The predicted molar refractivity (Wildman–Crippen MR) is 80.4 cm³/mol. The van der Waals surface area contributed by atoms with Crippen LogP contribution in [0, 0.1) is 17.0 Å². The summed E-state index contributed by atoms with van der Waals surface area (Å²) in [5.74, 6) is 0. The number of anilines is 1. The molecule has 3 rings (SSSR count). The summed E-state index contributed by atoms with van der Waals surface area (Å²) >= 11 is 0. The number of fused-ring (bicyclic) bond motifs is 1. The Balaban J connectivity index is 1.76. The van der Waals surface area contributed by atoms with E-state index < -0.39 is 0 Å². The molecule has 1 N–H and O–H groups in total. The lowest BCUT2D eigenvalue weighted by molar-refractivity contribution is -0.384. The molecule has 0 aliphatic rings. The first kappa shape index (κ1) is 13.1. The summed E-state index contributed by atoms with van der Waals surface area (Å²) in [5, 5.41) is 14.0. The molecule has 0 atom stereocenters. The van der Waals surface area contributed by atoms with Gasteiger partial charge in [-0.1, -0.05) is 6.07 Å². The topological polar surface area (TPSA) is 72.5 Å². The van der Waals surface area contributed by atoms with Gasteiger partial charge in [-0.15, -0.1) is 0 Å². The molecule has 0 saturated heterocycles. The highest BCUT2D eigenvalue weighted by Gasteiger charge is 2.08. The lowest BCUT2D eigenvalue weighted by atomic mass is 10.2. The third kappa shape index (κ3) is 2.69. The zero-order valence-corrected chi connectivity index (χ0v) is 11.5. The maximum Gasteiger partial charge on any atom is 0.269 e. The number of rotatable bonds is 4. The van der Waals surface area contributed by atoms with Crippen molar-refractivity contribution >= 4 is 17.0 Å². The number of nitro groups is 1. The van der Waals surface area contributed by atoms with Gasteiger partial charge in [0.2, 0.25) is 0 Å². The van der Waals surface area contributed by atoms with Gasteiger partial charge in [0.05, 0.1) is 17.2 Å². The summed E-state index contributed by atoms with van der Waals surface area (Å²) in [4.78, 5) is 14.8. The van der Waals surface area contributed by atoms with Gasteiger partial charge in [0.15, 0.2) is 0 Å². The molecule has 3 aromatic rings. The number of hydrogen-bond acceptors (Lipinski definition) is 4. The van der Waals surface area contributed by atoms with Crippen LogP contribution >= 0.6 is 0 Å². The van der Waals surface area contributed by atoms with Crippen LogP contribution in [0.15, 0.2) is 48.8 Å². The third-order valence-electron chi connectivity index (χ3n) is 3.29. The van der Waals surface area contributed by atoms with E-state index in [1.807, 2.05) is 41.9 Å². The second-order valence-corrected chi connectivity index (χ2v) is 4.81. The molecule has 0 unspecified atom stereocenters. The van der Waals surface area contributed by atoms with Crippen LogP contribution in [-0.4, -0.2) is 14.3 Å². The van der Waals surface area contributed by atoms with E-state index >= 15 is 0 Å². The number of pyridine rings is 1. The number of non-ortho nitro benzene ring substituents is 1. The fraction of sp³-hybridized carbons (Fsp3) is 0.133. The molecule has 0 spiro atoms. The number of aromatic nitrogens is 2. The van der Waals surface area contributed by atoms with E-state index in [2.05, 4.69) is 10.3 Å². The van der Waals surface area contributed by atoms with Gasteiger partial charge in [0.1, 0.15) is 5.65 Å². The number of benzene rings is 1. The van der Waals surface area contributed by atoms with Crippen molar-refractivity contribution in [3.63, 3.8) is 0 Å². The molecule has 2 aromatic heterocycles. The average Bonchev–Trinajstić information content (AvgIpc) is 2.88. The molecule has 106 valence electrons. The van der Waals surface area contributed by atoms with Crippen LogP contribution in [0.3, 0.4) is 0 Å². The van der Waals surface area contributed by atoms with Gasteiger partial charge in [-0.2, -0.15) is 0 Å². The fourth-order valence-electron chi connectivity index (χ4n) is 2.22. The summed E-state index contributed by atoms with van der Waals surface area (Å²) in [6, 6.07) is 10.6. The third-order valence-corrected chi connectivity index (χ3v) is 3.29. The highest BCUT2D eigenvalue weighted by molar-refractivity contribution is 5.55. The van der Waals surface area contributed by atoms with Gasteiger partial charge in [-0.3, -0.25) is 10.1 Å². The SMILES string of the molecule is Cc1cc([N+](=O)[O-])ccc1NCc1cn2ccccc2n1. The Morgan fingerprint density at radius 1 is 1.33 bits per heavy atom. The van der Waals surface area contributed by atoms with Crippen molar-refractivity contribution in [3.8, 4) is 0 Å². The molecular weight excluding hydrogens is 268 g/mol. The molecule has 0 bridgehead atoms. The molecule has 0 radical (unpaired) electrons. The van der Waals surface area contributed by atoms with E-state index in [1.165, 1.54) is 6.07 Å². The first-order chi connectivity index (χ1) is 10.1. The second kappa shape index (κ2) is 5.24. The Bertz CT molecular complexity index is 777. The van der Waals surface area contributed by atoms with Gasteiger partial charge in [0.25, 0.3) is 5.69 Å². The minimum absolute atomic E-state index is 0.103. The minimum Gasteiger partial charge on any atom is -0.379 e. The zero-order valence-electron chi connectivity index (χ0n) is 11.5. The van der Waals surface area contributed by atoms with Crippen LogP contribution < -0.4 is 5.32 Å². The van der Waals surface area contributed by atoms with Crippen molar-refractivity contribution in [2.45, 2.75) is 13.5 Å². The number of imidazole rings is 1. The summed E-state index contributed by atoms with van der Waals surface area (Å²) < 4.78 is 1.96. The summed E-state index contributed by atoms with van der Waals surface area (Å²) in [6.07, 6.45) is 3.91. The smallest absolute Gasteiger partial charge is 0.269 e. The van der Waals surface area contributed by atoms with E-state index in [4.69, 9.17) is 0 Å². The minimum atomic E-state index is -0.390. The van der Waals surface area contributed by atoms with Crippen LogP contribution in [0.4, 0.5) is 11.4 Å². The summed E-state index contributed by atoms with van der Waals surface area (Å²) in [7, 11) is 0. The number of aryl methyl sites for hydroxylation is 1. The standard InChI is InChI=1S/C15H14N4O2/c1-11-8-13(19(20)21)5-6-14(11)16-9-12-10-18-7-3-2-4-15(18)17-12/h2-8,10,16H,9H2,1H3. The van der Waals surface area contributed by atoms with Crippen molar-refractivity contribution in [1.82, 2.24) is 9.38 Å². The summed E-state index contributed by atoms with van der Waals surface area (Å²) in [5.41, 5.74) is 3.63. The number of nitrogens with one attached hydrogen (secondary N) is 1. The normalized spacial score (nSPS) is 10.7. The van der Waals surface area contributed by atoms with Gasteiger partial charge in [-0.05, 0) is 30.7 Å². The highest BCUT2D eigenvalue weighted by Crippen LogP contribution is 2.21. The number of hydrogen-bond donors (Lipinski definition) is 1. The molecule has 0 amide bonds. The van der Waals surface area contributed by atoms with E-state index in [0.717, 1.165) is 22.6 Å². The van der Waals surface area contributed by atoms with Crippen molar-refractivity contribution in [3.05, 3.63) is 70.2 Å². The van der Waals surface area contributed by atoms with Crippen LogP contribution in [0.2, 0.25) is 0 Å². The number of nitro benzene ring substituents is 1. The van der Waals surface area contributed by atoms with Gasteiger partial charge >= 0.3 is 0 Å². The van der Waals surface area contributed by atoms with E-state index in [1.54, 1.807) is 12.1 Å². The Labute approximate surface area is 121 Å². The van der Waals surface area contributed by atoms with Crippen LogP contribution in [0.25, 0.3) is 5.65 Å². The average molecular weight is 282 g/mol. The second-order valence-electron chi connectivity index (χ2n) is 4.81. The van der Waals surface area contributed by atoms with E-state index in [0.29, 0.717) is 6.54 Å². The van der Waals surface area contributed by atoms with Crippen molar-refractivity contribution < 1.29 is 4.92 Å². The van der Waals surface area contributed by atoms with Gasteiger partial charge in [-0.25, -0.2) is 4.98 Å². The molecule has 6 nitrogen and oxygen atoms in total. The Morgan fingerprint density at radius 3 is 2.90 bits per heavy atom. The summed E-state index contributed by atoms with van der Waals surface area (Å²) in [6.45, 7) is 2.42. The van der Waals surface area contributed by atoms with Crippen molar-refractivity contribution in [1.29, 1.82) is 0 Å². The zero-order chi connectivity index (χ0) is 14.8. The lowest BCUT2D eigenvalue weighted by Gasteiger charge is -2.07. The molecule has 0 aliphatic heterocycles. The molecule has 0 saturated carbocycles. The van der Waals surface area contributed by atoms with Crippen molar-refractivity contribution in [2.75, 3.05) is 5.32 Å². The quantitative estimate of drug-likeness (QED) is 0.589. The van der Waals surface area contributed by atoms with Gasteiger partial charge < -0.3 is 9.72 Å². The molecule has 2 heterocycles. The van der Waals surface area contributed by atoms with E-state index in [-0.39, 0.29) is 10.6 Å². The molecule has 0 fully saturated rings. The van der Waals surface area contributed by atoms with E-state index in [9.17, 15) is 10.1 Å². The van der Waals surface area contributed by atoms with Crippen LogP contribution in [0.1, 0.15) is 11.3 Å². The first-order valence-electron chi connectivity index (χ1n) is 6.55. The largest absolute Gasteiger partial charge is 0.379 e. The molecule has 1 aromatic carbocycles. The molecular formula is C15H14N4O2. The maximum absolute atomic E-state index is 10.7.